The normalized spacial score (nSPS) is 19.2. The van der Waals surface area contributed by atoms with E-state index >= 15 is 0 Å². The van der Waals surface area contributed by atoms with Crippen molar-refractivity contribution in [1.82, 2.24) is 10.2 Å². The Bertz CT molecular complexity index is 536. The summed E-state index contributed by atoms with van der Waals surface area (Å²) in [5, 5.41) is 8.31. The van der Waals surface area contributed by atoms with E-state index in [4.69, 9.17) is 9.88 Å². The second-order valence-electron chi connectivity index (χ2n) is 4.94. The predicted molar refractivity (Wildman–Crippen MR) is 84.5 cm³/mol. The van der Waals surface area contributed by atoms with Crippen LogP contribution in [0.15, 0.2) is 29.2 Å². The molecule has 1 heterocycles. The Balaban J connectivity index is 0.00000220. The number of hydrogen-bond acceptors (Lipinski definition) is 5. The van der Waals surface area contributed by atoms with Crippen LogP contribution >= 0.6 is 12.4 Å². The van der Waals surface area contributed by atoms with E-state index in [1.165, 1.54) is 18.6 Å². The first kappa shape index (κ1) is 18.2. The van der Waals surface area contributed by atoms with Crippen molar-refractivity contribution in [2.75, 3.05) is 33.3 Å². The highest BCUT2D eigenvalue weighted by molar-refractivity contribution is 7.89. The van der Waals surface area contributed by atoms with Gasteiger partial charge in [0, 0.05) is 19.1 Å². The molecule has 2 rings (SSSR count). The Hall–Kier alpha value is -0.860. The Morgan fingerprint density at radius 2 is 2.05 bits per heavy atom. The van der Waals surface area contributed by atoms with E-state index in [1.54, 1.807) is 12.1 Å². The highest BCUT2D eigenvalue weighted by Gasteiger charge is 2.20. The lowest BCUT2D eigenvalue weighted by Crippen LogP contribution is -2.31. The predicted octanol–water partition coefficient (Wildman–Crippen LogP) is 0.428. The van der Waals surface area contributed by atoms with E-state index < -0.39 is 10.0 Å². The number of halogens is 1. The molecule has 0 aliphatic carbocycles. The topological polar surface area (TPSA) is 84.7 Å². The highest BCUT2D eigenvalue weighted by atomic mass is 35.5. The number of nitrogens with zero attached hydrogens (tertiary/aromatic N) is 1. The first-order valence-electron chi connectivity index (χ1n) is 6.64. The smallest absolute Gasteiger partial charge is 0.238 e. The van der Waals surface area contributed by atoms with Gasteiger partial charge in [-0.3, -0.25) is 4.90 Å². The maximum atomic E-state index is 11.1. The molecule has 0 saturated carbocycles. The minimum Gasteiger partial charge on any atom is -0.492 e. The minimum absolute atomic E-state index is 0. The number of nitrogens with one attached hydrogen (secondary N) is 1. The molecule has 0 radical (unpaired) electrons. The number of nitrogens with two attached hydrogens (primary N) is 1. The number of benzene rings is 1. The summed E-state index contributed by atoms with van der Waals surface area (Å²) >= 11 is 0. The van der Waals surface area contributed by atoms with Crippen LogP contribution in [0.1, 0.15) is 6.42 Å². The minimum atomic E-state index is -3.63. The Kier molecular flexibility index (Phi) is 6.89. The molecule has 1 fully saturated rings. The number of likely N-dealkylation sites (N-methyl/N-ethyl adjacent to an activating group) is 1. The monoisotopic (exact) mass is 335 g/mol. The number of primary sulfonamides is 1. The van der Waals surface area contributed by atoms with Gasteiger partial charge in [-0.15, -0.1) is 12.4 Å². The highest BCUT2D eigenvalue weighted by Crippen LogP contribution is 2.15. The van der Waals surface area contributed by atoms with E-state index in [-0.39, 0.29) is 17.3 Å². The van der Waals surface area contributed by atoms with Crippen molar-refractivity contribution >= 4 is 22.4 Å². The summed E-state index contributed by atoms with van der Waals surface area (Å²) in [4.78, 5) is 2.45. The number of likely N-dealkylation sites (tertiary alicyclic amines) is 1. The maximum Gasteiger partial charge on any atom is 0.238 e. The Labute approximate surface area is 132 Å². The molecule has 0 aromatic heterocycles. The molecule has 6 nitrogen and oxygen atoms in total. The largest absolute Gasteiger partial charge is 0.492 e. The van der Waals surface area contributed by atoms with Gasteiger partial charge in [-0.1, -0.05) is 0 Å². The van der Waals surface area contributed by atoms with Crippen LogP contribution in [0.2, 0.25) is 0 Å². The van der Waals surface area contributed by atoms with Gasteiger partial charge >= 0.3 is 0 Å². The van der Waals surface area contributed by atoms with Gasteiger partial charge in [0.25, 0.3) is 0 Å². The second kappa shape index (κ2) is 7.95. The van der Waals surface area contributed by atoms with Crippen LogP contribution in [0.5, 0.6) is 5.75 Å². The van der Waals surface area contributed by atoms with Crippen LogP contribution in [0.4, 0.5) is 0 Å². The molecule has 1 aliphatic rings. The Morgan fingerprint density at radius 1 is 1.38 bits per heavy atom. The Morgan fingerprint density at radius 3 is 2.57 bits per heavy atom. The van der Waals surface area contributed by atoms with Gasteiger partial charge in [0.1, 0.15) is 12.4 Å². The van der Waals surface area contributed by atoms with E-state index in [0.29, 0.717) is 18.4 Å². The molecule has 0 amide bonds. The SMILES string of the molecule is CNC1CCN(CCOc2ccc(S(N)(=O)=O)cc2)C1.Cl. The summed E-state index contributed by atoms with van der Waals surface area (Å²) in [6, 6.07) is 6.74. The molecule has 0 bridgehead atoms. The van der Waals surface area contributed by atoms with Crippen LogP contribution in [0, 0.1) is 0 Å². The summed E-state index contributed by atoms with van der Waals surface area (Å²) in [5.41, 5.74) is 0. The lowest BCUT2D eigenvalue weighted by atomic mass is 10.3. The summed E-state index contributed by atoms with van der Waals surface area (Å²) in [7, 11) is -1.65. The fraction of sp³-hybridized carbons (Fsp3) is 0.538. The molecule has 1 atom stereocenters. The molecule has 3 N–H and O–H groups in total. The van der Waals surface area contributed by atoms with Crippen molar-refractivity contribution in [2.45, 2.75) is 17.4 Å². The number of hydrogen-bond donors (Lipinski definition) is 2. The van der Waals surface area contributed by atoms with Gasteiger partial charge in [-0.2, -0.15) is 0 Å². The van der Waals surface area contributed by atoms with Crippen molar-refractivity contribution in [3.8, 4) is 5.75 Å². The molecular weight excluding hydrogens is 314 g/mol. The molecule has 1 saturated heterocycles. The molecular formula is C13H22ClN3O3S. The molecule has 1 aliphatic heterocycles. The van der Waals surface area contributed by atoms with Crippen LogP contribution in [-0.2, 0) is 10.0 Å². The van der Waals surface area contributed by atoms with Crippen molar-refractivity contribution < 1.29 is 13.2 Å². The van der Waals surface area contributed by atoms with Crippen LogP contribution < -0.4 is 15.2 Å². The van der Waals surface area contributed by atoms with Gasteiger partial charge in [-0.05, 0) is 44.3 Å². The number of rotatable bonds is 6. The zero-order valence-electron chi connectivity index (χ0n) is 12.0. The zero-order valence-corrected chi connectivity index (χ0v) is 13.6. The quantitative estimate of drug-likeness (QED) is 0.787. The van der Waals surface area contributed by atoms with Crippen molar-refractivity contribution in [3.63, 3.8) is 0 Å². The lowest BCUT2D eigenvalue weighted by molar-refractivity contribution is 0.235. The third-order valence-electron chi connectivity index (χ3n) is 3.51. The molecule has 1 aromatic carbocycles. The summed E-state index contributed by atoms with van der Waals surface area (Å²) < 4.78 is 27.8. The van der Waals surface area contributed by atoms with Gasteiger partial charge in [0.05, 0.1) is 4.90 Å². The molecule has 0 spiro atoms. The lowest BCUT2D eigenvalue weighted by Gasteiger charge is -2.16. The van der Waals surface area contributed by atoms with Gasteiger partial charge < -0.3 is 10.1 Å². The van der Waals surface area contributed by atoms with Crippen molar-refractivity contribution in [2.24, 2.45) is 5.14 Å². The van der Waals surface area contributed by atoms with Crippen LogP contribution in [0.25, 0.3) is 0 Å². The summed E-state index contributed by atoms with van der Waals surface area (Å²) in [6.07, 6.45) is 1.17. The third kappa shape index (κ3) is 5.44. The van der Waals surface area contributed by atoms with E-state index in [1.807, 2.05) is 7.05 Å². The summed E-state index contributed by atoms with van der Waals surface area (Å²) in [5.74, 6) is 0.654. The molecule has 120 valence electrons. The zero-order chi connectivity index (χ0) is 14.6. The molecule has 21 heavy (non-hydrogen) atoms. The van der Waals surface area contributed by atoms with E-state index in [2.05, 4.69) is 10.2 Å². The third-order valence-corrected chi connectivity index (χ3v) is 4.44. The van der Waals surface area contributed by atoms with Gasteiger partial charge in [-0.25, -0.2) is 13.6 Å². The fourth-order valence-electron chi connectivity index (χ4n) is 2.29. The number of ether oxygens (including phenoxy) is 1. The average molecular weight is 336 g/mol. The van der Waals surface area contributed by atoms with Crippen molar-refractivity contribution in [3.05, 3.63) is 24.3 Å². The maximum absolute atomic E-state index is 11.1. The first-order valence-corrected chi connectivity index (χ1v) is 8.19. The van der Waals surface area contributed by atoms with Crippen LogP contribution in [0.3, 0.4) is 0 Å². The standard InChI is InChI=1S/C13H21N3O3S.ClH/c1-15-11-6-7-16(10-11)8-9-19-12-2-4-13(5-3-12)20(14,17)18;/h2-5,11,15H,6-10H2,1H3,(H2,14,17,18);1H. The van der Waals surface area contributed by atoms with E-state index in [0.717, 1.165) is 19.6 Å². The average Bonchev–Trinajstić information content (AvgIpc) is 2.86. The van der Waals surface area contributed by atoms with E-state index in [9.17, 15) is 8.42 Å². The second-order valence-corrected chi connectivity index (χ2v) is 6.50. The van der Waals surface area contributed by atoms with Gasteiger partial charge in [0.2, 0.25) is 10.0 Å². The number of sulfonamides is 1. The first-order chi connectivity index (χ1) is 9.49. The van der Waals surface area contributed by atoms with Crippen LogP contribution in [-0.4, -0.2) is 52.6 Å². The fourth-order valence-corrected chi connectivity index (χ4v) is 2.80. The molecule has 8 heteroatoms. The molecule has 1 aromatic rings. The molecule has 1 unspecified atom stereocenters. The summed E-state index contributed by atoms with van der Waals surface area (Å²) in [6.45, 7) is 3.59. The van der Waals surface area contributed by atoms with Crippen molar-refractivity contribution in [1.29, 1.82) is 0 Å². The van der Waals surface area contributed by atoms with Gasteiger partial charge in [0.15, 0.2) is 0 Å².